The number of hydrogen-bond donors (Lipinski definition) is 0. The first kappa shape index (κ1) is 19.8. The summed E-state index contributed by atoms with van der Waals surface area (Å²) in [6.07, 6.45) is 9.64. The minimum atomic E-state index is -0.207. The van der Waals surface area contributed by atoms with Crippen LogP contribution in [0.3, 0.4) is 0 Å². The molecule has 150 valence electrons. The molecular formula is C27H29FO. The second-order valence-corrected chi connectivity index (χ2v) is 8.56. The summed E-state index contributed by atoms with van der Waals surface area (Å²) in [5, 5.41) is 0. The molecule has 4 rings (SSSR count). The Morgan fingerprint density at radius 1 is 0.966 bits per heavy atom. The van der Waals surface area contributed by atoms with E-state index in [0.29, 0.717) is 17.4 Å². The highest BCUT2D eigenvalue weighted by atomic mass is 19.1. The Bertz CT molecular complexity index is 918. The van der Waals surface area contributed by atoms with Crippen molar-refractivity contribution in [2.75, 3.05) is 7.11 Å². The van der Waals surface area contributed by atoms with Gasteiger partial charge in [-0.1, -0.05) is 24.0 Å². The maximum atomic E-state index is 14.7. The van der Waals surface area contributed by atoms with E-state index in [4.69, 9.17) is 4.74 Å². The number of methoxy groups -OCH3 is 1. The lowest BCUT2D eigenvalue weighted by Gasteiger charge is -2.41. The highest BCUT2D eigenvalue weighted by Gasteiger charge is 2.35. The lowest BCUT2D eigenvalue weighted by molar-refractivity contribution is 0.133. The summed E-state index contributed by atoms with van der Waals surface area (Å²) in [4.78, 5) is 0. The first-order valence-corrected chi connectivity index (χ1v) is 10.7. The van der Waals surface area contributed by atoms with Gasteiger partial charge in [0, 0.05) is 5.56 Å². The summed E-state index contributed by atoms with van der Waals surface area (Å²) >= 11 is 0. The van der Waals surface area contributed by atoms with E-state index in [-0.39, 0.29) is 5.82 Å². The van der Waals surface area contributed by atoms with Crippen LogP contribution in [0.4, 0.5) is 4.39 Å². The predicted octanol–water partition coefficient (Wildman–Crippen LogP) is 6.72. The lowest BCUT2D eigenvalue weighted by atomic mass is 9.64. The zero-order valence-corrected chi connectivity index (χ0v) is 17.2. The molecule has 1 nitrogen and oxygen atoms in total. The maximum Gasteiger partial charge on any atom is 0.139 e. The molecule has 0 radical (unpaired) electrons. The molecule has 2 aliphatic rings. The fraction of sp³-hybridized carbons (Fsp3) is 0.407. The normalized spacial score (nSPS) is 26.0. The Morgan fingerprint density at radius 3 is 2.45 bits per heavy atom. The molecule has 2 fully saturated rings. The molecule has 0 bridgehead atoms. The van der Waals surface area contributed by atoms with Gasteiger partial charge in [-0.3, -0.25) is 0 Å². The molecule has 0 N–H and O–H groups in total. The highest BCUT2D eigenvalue weighted by molar-refractivity contribution is 5.45. The van der Waals surface area contributed by atoms with E-state index in [1.807, 2.05) is 30.3 Å². The Balaban J connectivity index is 1.44. The minimum absolute atomic E-state index is 0.207. The number of benzene rings is 2. The van der Waals surface area contributed by atoms with E-state index < -0.39 is 0 Å². The smallest absolute Gasteiger partial charge is 0.139 e. The number of hydrogen-bond acceptors (Lipinski definition) is 1. The third-order valence-corrected chi connectivity index (χ3v) is 6.88. The first-order valence-electron chi connectivity index (χ1n) is 10.7. The predicted molar refractivity (Wildman–Crippen MR) is 116 cm³/mol. The van der Waals surface area contributed by atoms with Crippen LogP contribution in [0.15, 0.2) is 55.1 Å². The quantitative estimate of drug-likeness (QED) is 0.419. The Kier molecular flexibility index (Phi) is 6.05. The fourth-order valence-corrected chi connectivity index (χ4v) is 5.14. The fourth-order valence-electron chi connectivity index (χ4n) is 5.14. The number of allylic oxidation sites excluding steroid dienone is 1. The van der Waals surface area contributed by atoms with E-state index in [1.165, 1.54) is 38.5 Å². The van der Waals surface area contributed by atoms with Crippen LogP contribution >= 0.6 is 0 Å². The zero-order valence-electron chi connectivity index (χ0n) is 17.2. The summed E-state index contributed by atoms with van der Waals surface area (Å²) < 4.78 is 19.9. The van der Waals surface area contributed by atoms with Gasteiger partial charge in [-0.15, -0.1) is 6.58 Å². The first-order chi connectivity index (χ1) is 14.2. The molecule has 2 heteroatoms. The Morgan fingerprint density at radius 2 is 1.72 bits per heavy atom. The largest absolute Gasteiger partial charge is 0.497 e. The second-order valence-electron chi connectivity index (χ2n) is 8.56. The third-order valence-electron chi connectivity index (χ3n) is 6.88. The Labute approximate surface area is 174 Å². The molecule has 0 spiro atoms. The molecule has 2 aliphatic carbocycles. The molecule has 0 heterocycles. The van der Waals surface area contributed by atoms with Gasteiger partial charge < -0.3 is 4.74 Å². The number of halogens is 1. The third kappa shape index (κ3) is 4.56. The molecule has 29 heavy (non-hydrogen) atoms. The van der Waals surface area contributed by atoms with Crippen molar-refractivity contribution in [3.8, 4) is 17.6 Å². The van der Waals surface area contributed by atoms with Crippen molar-refractivity contribution in [2.24, 2.45) is 17.8 Å². The van der Waals surface area contributed by atoms with Gasteiger partial charge in [0.1, 0.15) is 11.6 Å². The van der Waals surface area contributed by atoms with Crippen molar-refractivity contribution >= 4 is 0 Å². The molecular weight excluding hydrogens is 359 g/mol. The van der Waals surface area contributed by atoms with Gasteiger partial charge in [0.05, 0.1) is 12.7 Å². The van der Waals surface area contributed by atoms with Crippen LogP contribution in [0.2, 0.25) is 0 Å². The average Bonchev–Trinajstić information content (AvgIpc) is 2.77. The van der Waals surface area contributed by atoms with Gasteiger partial charge in [-0.25, -0.2) is 4.39 Å². The molecule has 2 aromatic rings. The summed E-state index contributed by atoms with van der Waals surface area (Å²) in [5.74, 6) is 9.42. The highest BCUT2D eigenvalue weighted by Crippen LogP contribution is 2.47. The van der Waals surface area contributed by atoms with Crippen LogP contribution in [0.1, 0.15) is 61.1 Å². The lowest BCUT2D eigenvalue weighted by Crippen LogP contribution is -2.30. The molecule has 0 aliphatic heterocycles. The van der Waals surface area contributed by atoms with Crippen molar-refractivity contribution in [3.63, 3.8) is 0 Å². The molecule has 4 atom stereocenters. The zero-order chi connectivity index (χ0) is 20.2. The second kappa shape index (κ2) is 8.87. The molecule has 0 amide bonds. The van der Waals surface area contributed by atoms with Crippen LogP contribution in [-0.2, 0) is 0 Å². The topological polar surface area (TPSA) is 9.23 Å². The number of fused-ring (bicyclic) bond motifs is 1. The average molecular weight is 389 g/mol. The number of ether oxygens (including phenoxy) is 1. The standard InChI is InChI=1S/C27H29FO/c1-3-19-4-9-23-17-24(13-12-22(23)16-19)25-11-10-21(27(28)18-25)8-5-20-6-14-26(29-2)15-7-20/h3,6-7,10-11,14-15,18-19,22-24H,1,4,9,12-13,16-17H2,2H3. The van der Waals surface area contributed by atoms with E-state index in [1.54, 1.807) is 13.2 Å². The van der Waals surface area contributed by atoms with Gasteiger partial charge in [0.25, 0.3) is 0 Å². The summed E-state index contributed by atoms with van der Waals surface area (Å²) in [7, 11) is 1.64. The maximum absolute atomic E-state index is 14.7. The van der Waals surface area contributed by atoms with Crippen molar-refractivity contribution in [2.45, 2.75) is 44.4 Å². The molecule has 0 saturated heterocycles. The van der Waals surface area contributed by atoms with Gasteiger partial charge in [-0.05, 0) is 104 Å². The van der Waals surface area contributed by atoms with Crippen LogP contribution < -0.4 is 4.74 Å². The molecule has 2 aromatic carbocycles. The number of rotatable bonds is 3. The van der Waals surface area contributed by atoms with Crippen molar-refractivity contribution < 1.29 is 9.13 Å². The van der Waals surface area contributed by atoms with Crippen LogP contribution in [0, 0.1) is 35.4 Å². The van der Waals surface area contributed by atoms with E-state index in [0.717, 1.165) is 28.7 Å². The van der Waals surface area contributed by atoms with Crippen LogP contribution in [-0.4, -0.2) is 7.11 Å². The van der Waals surface area contributed by atoms with E-state index in [2.05, 4.69) is 30.6 Å². The molecule has 0 aromatic heterocycles. The SMILES string of the molecule is C=CC1CCC2CC(c3ccc(C#Cc4ccc(OC)cc4)c(F)c3)CCC2C1. The molecule has 4 unspecified atom stereocenters. The van der Waals surface area contributed by atoms with Crippen molar-refractivity contribution in [1.29, 1.82) is 0 Å². The van der Waals surface area contributed by atoms with Gasteiger partial charge >= 0.3 is 0 Å². The summed E-state index contributed by atoms with van der Waals surface area (Å²) in [6, 6.07) is 13.2. The van der Waals surface area contributed by atoms with Crippen LogP contribution in [0.25, 0.3) is 0 Å². The monoisotopic (exact) mass is 388 g/mol. The van der Waals surface area contributed by atoms with Gasteiger partial charge in [0.15, 0.2) is 0 Å². The summed E-state index contributed by atoms with van der Waals surface area (Å²) in [6.45, 7) is 3.99. The molecule has 2 saturated carbocycles. The minimum Gasteiger partial charge on any atom is -0.497 e. The van der Waals surface area contributed by atoms with Crippen molar-refractivity contribution in [3.05, 3.63) is 77.6 Å². The van der Waals surface area contributed by atoms with Gasteiger partial charge in [-0.2, -0.15) is 0 Å². The van der Waals surface area contributed by atoms with E-state index >= 15 is 0 Å². The van der Waals surface area contributed by atoms with Crippen LogP contribution in [0.5, 0.6) is 5.75 Å². The summed E-state index contributed by atoms with van der Waals surface area (Å²) in [5.41, 5.74) is 2.45. The van der Waals surface area contributed by atoms with Gasteiger partial charge in [0.2, 0.25) is 0 Å². The van der Waals surface area contributed by atoms with Crippen molar-refractivity contribution in [1.82, 2.24) is 0 Å². The van der Waals surface area contributed by atoms with E-state index in [9.17, 15) is 4.39 Å². The Hall–Kier alpha value is -2.53.